The van der Waals surface area contributed by atoms with Crippen molar-refractivity contribution < 1.29 is 19.6 Å². The van der Waals surface area contributed by atoms with Crippen LogP contribution in [0.5, 0.6) is 0 Å². The van der Waals surface area contributed by atoms with E-state index in [1.807, 2.05) is 6.92 Å². The predicted octanol–water partition coefficient (Wildman–Crippen LogP) is 1.72. The minimum absolute atomic E-state index is 0.0437. The first-order chi connectivity index (χ1) is 11.4. The Labute approximate surface area is 137 Å². The lowest BCUT2D eigenvalue weighted by Crippen LogP contribution is -2.36. The monoisotopic (exact) mass is 332 g/mol. The maximum atomic E-state index is 12.4. The van der Waals surface area contributed by atoms with Gasteiger partial charge in [0.25, 0.3) is 11.6 Å². The molecule has 2 rings (SSSR count). The second-order valence-corrected chi connectivity index (χ2v) is 5.04. The van der Waals surface area contributed by atoms with Crippen LogP contribution in [0.3, 0.4) is 0 Å². The van der Waals surface area contributed by atoms with Gasteiger partial charge < -0.3 is 10.0 Å². The number of carboxylic acid groups (broad SMARTS) is 1. The summed E-state index contributed by atoms with van der Waals surface area (Å²) in [4.78, 5) is 34.6. The normalized spacial score (nSPS) is 10.4. The van der Waals surface area contributed by atoms with Crippen molar-refractivity contribution in [3.63, 3.8) is 0 Å². The number of aliphatic carboxylic acids is 1. The van der Waals surface area contributed by atoms with Gasteiger partial charge in [-0.15, -0.1) is 0 Å². The van der Waals surface area contributed by atoms with Gasteiger partial charge in [0.05, 0.1) is 10.6 Å². The molecule has 9 heteroatoms. The van der Waals surface area contributed by atoms with Gasteiger partial charge in [0, 0.05) is 24.9 Å². The average molecular weight is 332 g/mol. The van der Waals surface area contributed by atoms with Crippen LogP contribution in [0.4, 0.5) is 5.69 Å². The number of hydrogen-bond acceptors (Lipinski definition) is 5. The van der Waals surface area contributed by atoms with Gasteiger partial charge in [-0.1, -0.05) is 6.92 Å². The molecule has 1 amide bonds. The Bertz CT molecular complexity index is 753. The van der Waals surface area contributed by atoms with Gasteiger partial charge in [-0.3, -0.25) is 19.7 Å². The van der Waals surface area contributed by atoms with Crippen molar-refractivity contribution in [2.24, 2.45) is 0 Å². The molecule has 0 bridgehead atoms. The minimum Gasteiger partial charge on any atom is -0.480 e. The van der Waals surface area contributed by atoms with Gasteiger partial charge in [-0.25, -0.2) is 4.68 Å². The minimum atomic E-state index is -1.09. The Kier molecular flexibility index (Phi) is 5.25. The van der Waals surface area contributed by atoms with Crippen LogP contribution in [-0.2, 0) is 4.79 Å². The molecule has 0 radical (unpaired) electrons. The zero-order valence-electron chi connectivity index (χ0n) is 13.0. The summed E-state index contributed by atoms with van der Waals surface area (Å²) in [7, 11) is 0. The molecule has 126 valence electrons. The van der Waals surface area contributed by atoms with Crippen LogP contribution in [0.1, 0.15) is 23.8 Å². The summed E-state index contributed by atoms with van der Waals surface area (Å²) in [6.07, 6.45) is 2.17. The van der Waals surface area contributed by atoms with Gasteiger partial charge in [-0.05, 0) is 24.6 Å². The highest BCUT2D eigenvalue weighted by atomic mass is 16.6. The lowest BCUT2D eigenvalue weighted by molar-refractivity contribution is -0.384. The number of hydrogen-bond donors (Lipinski definition) is 1. The highest BCUT2D eigenvalue weighted by Crippen LogP contribution is 2.15. The molecule has 0 unspecified atom stereocenters. The number of aromatic nitrogens is 2. The first-order valence-corrected chi connectivity index (χ1v) is 7.24. The molecule has 24 heavy (non-hydrogen) atoms. The third-order valence-electron chi connectivity index (χ3n) is 3.24. The molecule has 1 aromatic carbocycles. The van der Waals surface area contributed by atoms with Crippen molar-refractivity contribution in [3.8, 4) is 5.69 Å². The molecule has 0 atom stereocenters. The van der Waals surface area contributed by atoms with Gasteiger partial charge in [0.15, 0.2) is 5.69 Å². The van der Waals surface area contributed by atoms with Gasteiger partial charge >= 0.3 is 5.97 Å². The molecular formula is C15H16N4O5. The number of non-ortho nitro benzene ring substituents is 1. The molecular weight excluding hydrogens is 316 g/mol. The lowest BCUT2D eigenvalue weighted by atomic mass is 10.3. The molecule has 2 aromatic rings. The number of rotatable bonds is 7. The Balaban J connectivity index is 2.20. The van der Waals surface area contributed by atoms with Crippen molar-refractivity contribution in [2.45, 2.75) is 13.3 Å². The Morgan fingerprint density at radius 3 is 2.50 bits per heavy atom. The van der Waals surface area contributed by atoms with E-state index in [-0.39, 0.29) is 11.4 Å². The maximum Gasteiger partial charge on any atom is 0.323 e. The molecule has 0 aliphatic carbocycles. The van der Waals surface area contributed by atoms with Crippen LogP contribution in [0.25, 0.3) is 5.69 Å². The van der Waals surface area contributed by atoms with Crippen LogP contribution in [0.2, 0.25) is 0 Å². The third-order valence-corrected chi connectivity index (χ3v) is 3.24. The Morgan fingerprint density at radius 2 is 1.96 bits per heavy atom. The van der Waals surface area contributed by atoms with Crippen molar-refractivity contribution in [3.05, 3.63) is 52.3 Å². The number of carbonyl (C=O) groups excluding carboxylic acids is 1. The van der Waals surface area contributed by atoms with Crippen molar-refractivity contribution in [2.75, 3.05) is 13.1 Å². The molecule has 0 spiro atoms. The predicted molar refractivity (Wildman–Crippen MR) is 84.0 cm³/mol. The number of carboxylic acids is 1. The van der Waals surface area contributed by atoms with Gasteiger partial charge in [0.1, 0.15) is 6.54 Å². The maximum absolute atomic E-state index is 12.4. The number of amides is 1. The first-order valence-electron chi connectivity index (χ1n) is 7.24. The van der Waals surface area contributed by atoms with Crippen LogP contribution < -0.4 is 0 Å². The fourth-order valence-corrected chi connectivity index (χ4v) is 2.16. The van der Waals surface area contributed by atoms with E-state index in [1.165, 1.54) is 39.9 Å². The number of benzene rings is 1. The lowest BCUT2D eigenvalue weighted by Gasteiger charge is -2.18. The summed E-state index contributed by atoms with van der Waals surface area (Å²) in [5, 5.41) is 23.7. The van der Waals surface area contributed by atoms with Crippen LogP contribution in [-0.4, -0.2) is 49.7 Å². The summed E-state index contributed by atoms with van der Waals surface area (Å²) in [5.74, 6) is -1.56. The smallest absolute Gasteiger partial charge is 0.323 e. The van der Waals surface area contributed by atoms with E-state index in [9.17, 15) is 19.7 Å². The second kappa shape index (κ2) is 7.36. The molecule has 1 N–H and O–H groups in total. The number of nitro benzene ring substituents is 1. The highest BCUT2D eigenvalue weighted by molar-refractivity contribution is 5.94. The SMILES string of the molecule is CCCN(CC(=O)O)C(=O)c1ccn(-c2ccc([N+](=O)[O-])cc2)n1. The second-order valence-electron chi connectivity index (χ2n) is 5.04. The summed E-state index contributed by atoms with van der Waals surface area (Å²) < 4.78 is 1.40. The van der Waals surface area contributed by atoms with E-state index >= 15 is 0 Å². The third kappa shape index (κ3) is 3.94. The molecule has 9 nitrogen and oxygen atoms in total. The zero-order valence-corrected chi connectivity index (χ0v) is 13.0. The molecule has 0 saturated heterocycles. The number of nitrogens with zero attached hydrogens (tertiary/aromatic N) is 4. The molecule has 0 fully saturated rings. The standard InChI is InChI=1S/C15H16N4O5/c1-2-8-17(10-14(20)21)15(22)13-7-9-18(16-13)11-3-5-12(6-4-11)19(23)24/h3-7,9H,2,8,10H2,1H3,(H,20,21). The fourth-order valence-electron chi connectivity index (χ4n) is 2.16. The molecule has 0 aliphatic heterocycles. The van der Waals surface area contributed by atoms with Crippen molar-refractivity contribution in [1.82, 2.24) is 14.7 Å². The highest BCUT2D eigenvalue weighted by Gasteiger charge is 2.20. The quantitative estimate of drug-likeness (QED) is 0.609. The number of nitro groups is 1. The molecule has 1 heterocycles. The summed E-state index contributed by atoms with van der Waals surface area (Å²) >= 11 is 0. The van der Waals surface area contributed by atoms with Crippen molar-refractivity contribution >= 4 is 17.6 Å². The van der Waals surface area contributed by atoms with E-state index in [1.54, 1.807) is 6.20 Å². The summed E-state index contributed by atoms with van der Waals surface area (Å²) in [6.45, 7) is 1.77. The van der Waals surface area contributed by atoms with E-state index < -0.39 is 23.3 Å². The van der Waals surface area contributed by atoms with E-state index in [0.29, 0.717) is 18.7 Å². The summed E-state index contributed by atoms with van der Waals surface area (Å²) in [6, 6.07) is 7.19. The van der Waals surface area contributed by atoms with Crippen molar-refractivity contribution in [1.29, 1.82) is 0 Å². The molecule has 1 aromatic heterocycles. The van der Waals surface area contributed by atoms with Gasteiger partial charge in [-0.2, -0.15) is 5.10 Å². The van der Waals surface area contributed by atoms with Crippen LogP contribution in [0.15, 0.2) is 36.5 Å². The first kappa shape index (κ1) is 17.1. The largest absolute Gasteiger partial charge is 0.480 e. The van der Waals surface area contributed by atoms with Crippen LogP contribution in [0, 0.1) is 10.1 Å². The topological polar surface area (TPSA) is 119 Å². The molecule has 0 saturated carbocycles. The van der Waals surface area contributed by atoms with Crippen LogP contribution >= 0.6 is 0 Å². The fraction of sp³-hybridized carbons (Fsp3) is 0.267. The number of carbonyl (C=O) groups is 2. The average Bonchev–Trinajstić information content (AvgIpc) is 3.03. The molecule has 0 aliphatic rings. The summed E-state index contributed by atoms with van der Waals surface area (Å²) in [5.41, 5.74) is 0.626. The van der Waals surface area contributed by atoms with Gasteiger partial charge in [0.2, 0.25) is 0 Å². The Morgan fingerprint density at radius 1 is 1.29 bits per heavy atom. The Hall–Kier alpha value is -3.23. The van der Waals surface area contributed by atoms with E-state index in [4.69, 9.17) is 5.11 Å². The van der Waals surface area contributed by atoms with E-state index in [2.05, 4.69) is 5.10 Å². The van der Waals surface area contributed by atoms with E-state index in [0.717, 1.165) is 0 Å². The zero-order chi connectivity index (χ0) is 17.7.